The van der Waals surface area contributed by atoms with Crippen LogP contribution in [0.15, 0.2) is 54.9 Å². The Morgan fingerprint density at radius 1 is 1.10 bits per heavy atom. The Balaban J connectivity index is 1.49. The summed E-state index contributed by atoms with van der Waals surface area (Å²) in [6.07, 6.45) is -2.71. The Morgan fingerprint density at radius 2 is 1.87 bits per heavy atom. The molecular formula is C21H18F3N5O2. The first-order valence-electron chi connectivity index (χ1n) is 9.50. The van der Waals surface area contributed by atoms with Gasteiger partial charge >= 0.3 is 6.18 Å². The van der Waals surface area contributed by atoms with E-state index < -0.39 is 17.8 Å². The number of hydrogen-bond donors (Lipinski definition) is 3. The first kappa shape index (κ1) is 20.7. The molecule has 2 aromatic heterocycles. The number of halogens is 3. The molecule has 0 saturated carbocycles. The minimum atomic E-state index is -4.48. The highest BCUT2D eigenvalue weighted by Crippen LogP contribution is 2.30. The quantitative estimate of drug-likeness (QED) is 0.577. The van der Waals surface area contributed by atoms with Crippen molar-refractivity contribution >= 4 is 11.7 Å². The molecule has 1 aliphatic heterocycles. The molecule has 160 valence electrons. The van der Waals surface area contributed by atoms with Crippen molar-refractivity contribution in [2.24, 2.45) is 0 Å². The van der Waals surface area contributed by atoms with Crippen LogP contribution in [0, 0.1) is 0 Å². The zero-order valence-electron chi connectivity index (χ0n) is 16.1. The molecule has 1 fully saturated rings. The van der Waals surface area contributed by atoms with Gasteiger partial charge in [0.05, 0.1) is 11.3 Å². The summed E-state index contributed by atoms with van der Waals surface area (Å²) in [6, 6.07) is 10.0. The SMILES string of the molecule is O=C1NCC[C@@H]1Nc1ccnc(-c2ccc(C(O)c3ccc(C(F)(F)F)cn3)cc2)n1. The van der Waals surface area contributed by atoms with Gasteiger partial charge in [-0.15, -0.1) is 0 Å². The van der Waals surface area contributed by atoms with Gasteiger partial charge in [0.2, 0.25) is 5.91 Å². The zero-order valence-corrected chi connectivity index (χ0v) is 16.1. The highest BCUT2D eigenvalue weighted by molar-refractivity contribution is 5.86. The normalized spacial score (nSPS) is 17.3. The van der Waals surface area contributed by atoms with Gasteiger partial charge in [-0.25, -0.2) is 9.97 Å². The molecule has 0 spiro atoms. The van der Waals surface area contributed by atoms with Crippen LogP contribution in [-0.2, 0) is 11.0 Å². The molecule has 3 heterocycles. The van der Waals surface area contributed by atoms with E-state index in [4.69, 9.17) is 0 Å². The van der Waals surface area contributed by atoms with E-state index in [0.717, 1.165) is 12.1 Å². The minimum absolute atomic E-state index is 0.0737. The fourth-order valence-corrected chi connectivity index (χ4v) is 3.21. The number of nitrogens with zero attached hydrogens (tertiary/aromatic N) is 3. The second-order valence-corrected chi connectivity index (χ2v) is 7.04. The number of aliphatic hydroxyl groups excluding tert-OH is 1. The van der Waals surface area contributed by atoms with Crippen molar-refractivity contribution in [3.63, 3.8) is 0 Å². The van der Waals surface area contributed by atoms with Crippen molar-refractivity contribution in [1.29, 1.82) is 0 Å². The predicted molar refractivity (Wildman–Crippen MR) is 106 cm³/mol. The summed E-state index contributed by atoms with van der Waals surface area (Å²) in [4.78, 5) is 24.1. The Morgan fingerprint density at radius 3 is 2.48 bits per heavy atom. The molecule has 4 rings (SSSR count). The van der Waals surface area contributed by atoms with E-state index in [1.54, 1.807) is 36.5 Å². The van der Waals surface area contributed by atoms with Crippen molar-refractivity contribution in [2.75, 3.05) is 11.9 Å². The maximum absolute atomic E-state index is 12.7. The zero-order chi connectivity index (χ0) is 22.0. The van der Waals surface area contributed by atoms with Crippen LogP contribution >= 0.6 is 0 Å². The number of aromatic nitrogens is 3. The summed E-state index contributed by atoms with van der Waals surface area (Å²) < 4.78 is 38.0. The molecule has 1 unspecified atom stereocenters. The van der Waals surface area contributed by atoms with Crippen LogP contribution in [-0.4, -0.2) is 38.6 Å². The van der Waals surface area contributed by atoms with E-state index in [1.165, 1.54) is 0 Å². The highest BCUT2D eigenvalue weighted by atomic mass is 19.4. The van der Waals surface area contributed by atoms with E-state index in [0.29, 0.717) is 41.9 Å². The minimum Gasteiger partial charge on any atom is -0.382 e. The van der Waals surface area contributed by atoms with Crippen molar-refractivity contribution in [1.82, 2.24) is 20.3 Å². The molecule has 3 N–H and O–H groups in total. The molecular weight excluding hydrogens is 411 g/mol. The van der Waals surface area contributed by atoms with Crippen LogP contribution in [0.1, 0.15) is 29.3 Å². The third-order valence-corrected chi connectivity index (χ3v) is 4.90. The smallest absolute Gasteiger partial charge is 0.382 e. The number of anilines is 1. The predicted octanol–water partition coefficient (Wildman–Crippen LogP) is 2.94. The summed E-state index contributed by atoms with van der Waals surface area (Å²) in [6.45, 7) is 0.617. The van der Waals surface area contributed by atoms with E-state index in [9.17, 15) is 23.1 Å². The van der Waals surface area contributed by atoms with Crippen LogP contribution in [0.5, 0.6) is 0 Å². The van der Waals surface area contributed by atoms with Crippen LogP contribution in [0.3, 0.4) is 0 Å². The van der Waals surface area contributed by atoms with Crippen molar-refractivity contribution in [3.05, 3.63) is 71.7 Å². The number of pyridine rings is 1. The lowest BCUT2D eigenvalue weighted by Gasteiger charge is -2.13. The molecule has 0 bridgehead atoms. The van der Waals surface area contributed by atoms with Crippen LogP contribution < -0.4 is 10.6 Å². The third kappa shape index (κ3) is 4.64. The van der Waals surface area contributed by atoms with Crippen molar-refractivity contribution in [3.8, 4) is 11.4 Å². The molecule has 1 amide bonds. The van der Waals surface area contributed by atoms with Gasteiger partial charge in [0, 0.05) is 24.5 Å². The Kier molecular flexibility index (Phi) is 5.55. The van der Waals surface area contributed by atoms with Gasteiger partial charge < -0.3 is 15.7 Å². The topological polar surface area (TPSA) is 100 Å². The molecule has 2 atom stereocenters. The van der Waals surface area contributed by atoms with Crippen LogP contribution in [0.2, 0.25) is 0 Å². The Hall–Kier alpha value is -3.53. The summed E-state index contributed by atoms with van der Waals surface area (Å²) in [5.74, 6) is 0.873. The molecule has 31 heavy (non-hydrogen) atoms. The van der Waals surface area contributed by atoms with Gasteiger partial charge in [-0.1, -0.05) is 24.3 Å². The van der Waals surface area contributed by atoms with Gasteiger partial charge in [-0.05, 0) is 30.2 Å². The average Bonchev–Trinajstić information content (AvgIpc) is 3.17. The summed E-state index contributed by atoms with van der Waals surface area (Å²) in [5, 5.41) is 16.3. The van der Waals surface area contributed by atoms with E-state index >= 15 is 0 Å². The van der Waals surface area contributed by atoms with E-state index in [1.807, 2.05) is 0 Å². The monoisotopic (exact) mass is 429 g/mol. The second-order valence-electron chi connectivity index (χ2n) is 7.04. The standard InChI is InChI=1S/C21H18F3N5O2/c22-21(23,24)14-5-6-15(27-11-14)18(30)12-1-3-13(4-2-12)19-25-10-8-17(29-19)28-16-7-9-26-20(16)31/h1-6,8,10-11,16,18,30H,7,9H2,(H,26,31)(H,25,28,29)/t16-,18?/m0/s1. The van der Waals surface area contributed by atoms with Gasteiger partial charge in [0.1, 0.15) is 18.0 Å². The van der Waals surface area contributed by atoms with Crippen molar-refractivity contribution in [2.45, 2.75) is 24.7 Å². The largest absolute Gasteiger partial charge is 0.417 e. The number of alkyl halides is 3. The Labute approximate surface area is 175 Å². The van der Waals surface area contributed by atoms with E-state index in [-0.39, 0.29) is 17.6 Å². The number of benzene rings is 1. The molecule has 3 aromatic rings. The number of carbonyl (C=O) groups excluding carboxylic acids is 1. The number of hydrogen-bond acceptors (Lipinski definition) is 6. The van der Waals surface area contributed by atoms with Gasteiger partial charge in [0.15, 0.2) is 5.82 Å². The number of nitrogens with one attached hydrogen (secondary N) is 2. The summed E-state index contributed by atoms with van der Waals surface area (Å²) in [5.41, 5.74) is 0.376. The first-order valence-corrected chi connectivity index (χ1v) is 9.50. The second kappa shape index (κ2) is 8.31. The number of aliphatic hydroxyl groups is 1. The van der Waals surface area contributed by atoms with Crippen LogP contribution in [0.25, 0.3) is 11.4 Å². The molecule has 1 saturated heterocycles. The molecule has 0 radical (unpaired) electrons. The average molecular weight is 429 g/mol. The third-order valence-electron chi connectivity index (χ3n) is 4.90. The van der Waals surface area contributed by atoms with Crippen LogP contribution in [0.4, 0.5) is 19.0 Å². The van der Waals surface area contributed by atoms with Gasteiger partial charge in [-0.3, -0.25) is 9.78 Å². The fraction of sp³-hybridized carbons (Fsp3) is 0.238. The lowest BCUT2D eigenvalue weighted by Crippen LogP contribution is -2.29. The van der Waals surface area contributed by atoms with E-state index in [2.05, 4.69) is 25.6 Å². The molecule has 0 aliphatic carbocycles. The lowest BCUT2D eigenvalue weighted by molar-refractivity contribution is -0.137. The Bertz CT molecular complexity index is 1070. The number of amides is 1. The highest BCUT2D eigenvalue weighted by Gasteiger charge is 2.31. The molecule has 10 heteroatoms. The molecule has 1 aromatic carbocycles. The lowest BCUT2D eigenvalue weighted by atomic mass is 10.0. The maximum Gasteiger partial charge on any atom is 0.417 e. The summed E-state index contributed by atoms with van der Waals surface area (Å²) in [7, 11) is 0. The summed E-state index contributed by atoms with van der Waals surface area (Å²) >= 11 is 0. The first-order chi connectivity index (χ1) is 14.8. The maximum atomic E-state index is 12.7. The number of carbonyl (C=O) groups is 1. The van der Waals surface area contributed by atoms with Crippen molar-refractivity contribution < 1.29 is 23.1 Å². The molecule has 1 aliphatic rings. The van der Waals surface area contributed by atoms with Gasteiger partial charge in [-0.2, -0.15) is 13.2 Å². The fourth-order valence-electron chi connectivity index (χ4n) is 3.21. The van der Waals surface area contributed by atoms with Gasteiger partial charge in [0.25, 0.3) is 0 Å². The number of rotatable bonds is 5. The molecule has 7 nitrogen and oxygen atoms in total.